The van der Waals surface area contributed by atoms with E-state index in [1.807, 2.05) is 6.07 Å². The average molecular weight is 513 g/mol. The van der Waals surface area contributed by atoms with Crippen LogP contribution in [0.25, 0.3) is 16.9 Å². The van der Waals surface area contributed by atoms with Crippen molar-refractivity contribution < 1.29 is 18.6 Å². The molecule has 0 aliphatic carbocycles. The number of aryl methyl sites for hydroxylation is 1. The van der Waals surface area contributed by atoms with Crippen molar-refractivity contribution in [2.24, 2.45) is 0 Å². The number of aromatic nitrogens is 4. The number of rotatable bonds is 6. The highest BCUT2D eigenvalue weighted by Crippen LogP contribution is 2.26. The molecule has 0 saturated carbocycles. The van der Waals surface area contributed by atoms with Gasteiger partial charge in [0.05, 0.1) is 11.4 Å². The number of ether oxygens (including phenoxy) is 1. The lowest BCUT2D eigenvalue weighted by Gasteiger charge is -2.16. The molecule has 0 aliphatic heterocycles. The molecule has 2 heterocycles. The van der Waals surface area contributed by atoms with Crippen LogP contribution in [-0.2, 0) is 12.2 Å². The van der Waals surface area contributed by atoms with E-state index >= 15 is 0 Å². The van der Waals surface area contributed by atoms with Crippen molar-refractivity contribution in [3.8, 4) is 22.8 Å². The van der Waals surface area contributed by atoms with E-state index in [-0.39, 0.29) is 40.3 Å². The minimum atomic E-state index is -1.22. The number of hydrogen-bond donors (Lipinski definition) is 1. The second-order valence-corrected chi connectivity index (χ2v) is 9.11. The summed E-state index contributed by atoms with van der Waals surface area (Å²) in [5, 5.41) is 9.96. The van der Waals surface area contributed by atoms with Gasteiger partial charge in [0.2, 0.25) is 5.88 Å². The van der Waals surface area contributed by atoms with E-state index in [1.54, 1.807) is 51.2 Å². The first-order valence-electron chi connectivity index (χ1n) is 11.0. The Hall–Kier alpha value is -3.69. The van der Waals surface area contributed by atoms with E-state index in [0.717, 1.165) is 6.07 Å². The lowest BCUT2D eigenvalue weighted by Crippen LogP contribution is -2.23. The van der Waals surface area contributed by atoms with Crippen molar-refractivity contribution in [3.05, 3.63) is 98.4 Å². The minimum Gasteiger partial charge on any atom is -0.471 e. The van der Waals surface area contributed by atoms with Crippen LogP contribution in [0.3, 0.4) is 0 Å². The number of benzene rings is 2. The zero-order valence-corrected chi connectivity index (χ0v) is 20.8. The van der Waals surface area contributed by atoms with Crippen LogP contribution in [0.2, 0.25) is 5.02 Å². The van der Waals surface area contributed by atoms with Crippen LogP contribution in [0.1, 0.15) is 36.6 Å². The molecule has 10 heteroatoms. The molecule has 0 fully saturated rings. The number of hydrogen-bond acceptors (Lipinski definition) is 6. The van der Waals surface area contributed by atoms with Crippen molar-refractivity contribution in [1.29, 1.82) is 0 Å². The maximum Gasteiger partial charge on any atom is 0.280 e. The maximum absolute atomic E-state index is 14.3. The van der Waals surface area contributed by atoms with Crippen molar-refractivity contribution in [2.45, 2.75) is 39.9 Å². The molecule has 7 nitrogen and oxygen atoms in total. The Kier molecular flexibility index (Phi) is 6.88. The molecule has 4 aromatic rings. The third-order valence-corrected chi connectivity index (χ3v) is 5.86. The van der Waals surface area contributed by atoms with Gasteiger partial charge in [-0.05, 0) is 58.0 Å². The van der Waals surface area contributed by atoms with Gasteiger partial charge in [-0.1, -0.05) is 23.7 Å². The van der Waals surface area contributed by atoms with Crippen molar-refractivity contribution in [1.82, 2.24) is 19.5 Å². The summed E-state index contributed by atoms with van der Waals surface area (Å²) < 4.78 is 34.7. The highest BCUT2D eigenvalue weighted by atomic mass is 35.5. The third-order valence-electron chi connectivity index (χ3n) is 5.53. The highest BCUT2D eigenvalue weighted by Gasteiger charge is 2.21. The summed E-state index contributed by atoms with van der Waals surface area (Å²) in [7, 11) is 0. The SMILES string of the molecule is Cc1c(F)ccc(COc2nc(C)n(-c3cccc(-c4ccnc(C(C)(C)O)n4)c3)c(=O)c2Cl)c1F. The van der Waals surface area contributed by atoms with E-state index in [1.165, 1.54) is 17.6 Å². The van der Waals surface area contributed by atoms with Gasteiger partial charge >= 0.3 is 0 Å². The smallest absolute Gasteiger partial charge is 0.280 e. The fourth-order valence-electron chi connectivity index (χ4n) is 3.58. The second kappa shape index (κ2) is 9.75. The summed E-state index contributed by atoms with van der Waals surface area (Å²) in [5.41, 5.74) is -0.0806. The summed E-state index contributed by atoms with van der Waals surface area (Å²) >= 11 is 6.29. The summed E-state index contributed by atoms with van der Waals surface area (Å²) in [5.74, 6) is -1.000. The van der Waals surface area contributed by atoms with Gasteiger partial charge in [0.15, 0.2) is 10.8 Å². The van der Waals surface area contributed by atoms with Crippen LogP contribution in [0, 0.1) is 25.5 Å². The van der Waals surface area contributed by atoms with Crippen LogP contribution >= 0.6 is 11.6 Å². The molecule has 0 spiro atoms. The van der Waals surface area contributed by atoms with Crippen molar-refractivity contribution >= 4 is 11.6 Å². The molecule has 0 amide bonds. The Balaban J connectivity index is 1.67. The van der Waals surface area contributed by atoms with Gasteiger partial charge in [0.1, 0.15) is 29.7 Å². The van der Waals surface area contributed by atoms with E-state index in [4.69, 9.17) is 16.3 Å². The van der Waals surface area contributed by atoms with Gasteiger partial charge < -0.3 is 9.84 Å². The Morgan fingerprint density at radius 2 is 1.86 bits per heavy atom. The molecule has 2 aromatic heterocycles. The fraction of sp³-hybridized carbons (Fsp3) is 0.231. The standard InChI is InChI=1S/C26H23ClF2N4O3/c1-14-19(28)9-8-17(22(14)29)13-36-23-21(27)24(34)33(15(2)31-23)18-7-5-6-16(12-18)20-10-11-30-25(32-20)26(3,4)35/h5-12,35H,13H2,1-4H3. The molecule has 0 saturated heterocycles. The van der Waals surface area contributed by atoms with Gasteiger partial charge in [-0.25, -0.2) is 18.7 Å². The molecule has 0 atom stereocenters. The Morgan fingerprint density at radius 3 is 2.58 bits per heavy atom. The Morgan fingerprint density at radius 1 is 1.11 bits per heavy atom. The first-order chi connectivity index (χ1) is 17.0. The van der Waals surface area contributed by atoms with Gasteiger partial charge in [-0.15, -0.1) is 0 Å². The zero-order chi connectivity index (χ0) is 26.2. The summed E-state index contributed by atoms with van der Waals surface area (Å²) in [4.78, 5) is 26.0. The Bertz CT molecular complexity index is 1520. The topological polar surface area (TPSA) is 90.1 Å². The first kappa shape index (κ1) is 25.4. The molecule has 2 aromatic carbocycles. The van der Waals surface area contributed by atoms with Crippen LogP contribution in [0.4, 0.5) is 8.78 Å². The molecule has 0 aliphatic rings. The summed E-state index contributed by atoms with van der Waals surface area (Å²) in [6.45, 7) is 5.83. The highest BCUT2D eigenvalue weighted by molar-refractivity contribution is 6.31. The van der Waals surface area contributed by atoms with E-state index in [9.17, 15) is 18.7 Å². The average Bonchev–Trinajstić information content (AvgIpc) is 2.85. The molecule has 186 valence electrons. The van der Waals surface area contributed by atoms with Crippen molar-refractivity contribution in [3.63, 3.8) is 0 Å². The number of aliphatic hydroxyl groups is 1. The normalized spacial score (nSPS) is 11.6. The van der Waals surface area contributed by atoms with Crippen LogP contribution in [0.15, 0.2) is 53.5 Å². The molecule has 0 bridgehead atoms. The van der Waals surface area contributed by atoms with Crippen LogP contribution in [-0.4, -0.2) is 24.6 Å². The maximum atomic E-state index is 14.3. The molecular formula is C26H23ClF2N4O3. The molecular weight excluding hydrogens is 490 g/mol. The van der Waals surface area contributed by atoms with E-state index < -0.39 is 22.8 Å². The lowest BCUT2D eigenvalue weighted by atomic mass is 10.1. The number of nitrogens with zero attached hydrogens (tertiary/aromatic N) is 4. The second-order valence-electron chi connectivity index (χ2n) is 8.73. The fourth-order valence-corrected chi connectivity index (χ4v) is 3.76. The summed E-state index contributed by atoms with van der Waals surface area (Å²) in [6.07, 6.45) is 1.55. The molecule has 36 heavy (non-hydrogen) atoms. The van der Waals surface area contributed by atoms with Gasteiger partial charge in [-0.2, -0.15) is 4.98 Å². The quantitative estimate of drug-likeness (QED) is 0.389. The van der Waals surface area contributed by atoms with Crippen molar-refractivity contribution in [2.75, 3.05) is 0 Å². The Labute approximate surface area is 211 Å². The molecule has 4 rings (SSSR count). The lowest BCUT2D eigenvalue weighted by molar-refractivity contribution is 0.0688. The van der Waals surface area contributed by atoms with E-state index in [2.05, 4.69) is 15.0 Å². The molecule has 1 N–H and O–H groups in total. The van der Waals surface area contributed by atoms with Gasteiger partial charge in [0, 0.05) is 22.9 Å². The number of halogens is 3. The monoisotopic (exact) mass is 512 g/mol. The first-order valence-corrected chi connectivity index (χ1v) is 11.4. The van der Waals surface area contributed by atoms with Crippen LogP contribution < -0.4 is 10.3 Å². The predicted octanol–water partition coefficient (Wildman–Crippen LogP) is 5.04. The molecule has 0 radical (unpaired) electrons. The van der Waals surface area contributed by atoms with E-state index in [0.29, 0.717) is 16.9 Å². The summed E-state index contributed by atoms with van der Waals surface area (Å²) in [6, 6.07) is 11.1. The third kappa shape index (κ3) is 4.98. The van der Waals surface area contributed by atoms with Crippen LogP contribution in [0.5, 0.6) is 5.88 Å². The minimum absolute atomic E-state index is 0.108. The predicted molar refractivity (Wildman–Crippen MR) is 131 cm³/mol. The largest absolute Gasteiger partial charge is 0.471 e. The molecule has 0 unspecified atom stereocenters. The zero-order valence-electron chi connectivity index (χ0n) is 20.0. The van der Waals surface area contributed by atoms with Gasteiger partial charge in [-0.3, -0.25) is 9.36 Å². The van der Waals surface area contributed by atoms with Gasteiger partial charge in [0.25, 0.3) is 5.56 Å².